The van der Waals surface area contributed by atoms with Crippen molar-refractivity contribution in [2.75, 3.05) is 18.4 Å². The van der Waals surface area contributed by atoms with Crippen LogP contribution >= 0.6 is 0 Å². The zero-order valence-corrected chi connectivity index (χ0v) is 10.3. The van der Waals surface area contributed by atoms with E-state index in [1.165, 1.54) is 12.5 Å². The average Bonchev–Trinajstić information content (AvgIpc) is 2.27. The topological polar surface area (TPSA) is 32.3 Å². The van der Waals surface area contributed by atoms with E-state index in [9.17, 15) is 4.79 Å². The van der Waals surface area contributed by atoms with E-state index in [4.69, 9.17) is 0 Å². The summed E-state index contributed by atoms with van der Waals surface area (Å²) < 4.78 is 0. The fourth-order valence-corrected chi connectivity index (χ4v) is 1.60. The van der Waals surface area contributed by atoms with Crippen LogP contribution in [0.4, 0.5) is 5.69 Å². The van der Waals surface area contributed by atoms with Gasteiger partial charge in [-0.1, -0.05) is 26.0 Å². The fraction of sp³-hybridized carbons (Fsp3) is 0.462. The van der Waals surface area contributed by atoms with Crippen molar-refractivity contribution < 1.29 is 4.79 Å². The van der Waals surface area contributed by atoms with E-state index >= 15 is 0 Å². The zero-order valence-electron chi connectivity index (χ0n) is 10.3. The second-order valence-corrected chi connectivity index (χ2v) is 3.84. The second kappa shape index (κ2) is 6.28. The van der Waals surface area contributed by atoms with Gasteiger partial charge in [-0.2, -0.15) is 0 Å². The number of nitrogens with zero attached hydrogens (tertiary/aromatic N) is 1. The van der Waals surface area contributed by atoms with Crippen LogP contribution in [0.5, 0.6) is 0 Å². The summed E-state index contributed by atoms with van der Waals surface area (Å²) in [6.07, 6.45) is 0. The lowest BCUT2D eigenvalue weighted by Gasteiger charge is -2.18. The Balaban J connectivity index is 2.60. The molecule has 88 valence electrons. The monoisotopic (exact) mass is 220 g/mol. The molecule has 0 fully saturated rings. The molecule has 0 saturated carbocycles. The minimum atomic E-state index is -0.0310. The molecule has 0 aliphatic rings. The van der Waals surface area contributed by atoms with E-state index in [1.54, 1.807) is 0 Å². The van der Waals surface area contributed by atoms with Crippen molar-refractivity contribution in [2.24, 2.45) is 0 Å². The minimum Gasteiger partial charge on any atom is -0.326 e. The molecule has 16 heavy (non-hydrogen) atoms. The Kier molecular flexibility index (Phi) is 4.99. The van der Waals surface area contributed by atoms with Gasteiger partial charge in [0.1, 0.15) is 0 Å². The summed E-state index contributed by atoms with van der Waals surface area (Å²) in [7, 11) is 0. The summed E-state index contributed by atoms with van der Waals surface area (Å²) in [6, 6.07) is 8.01. The number of carbonyl (C=O) groups excluding carboxylic acids is 1. The molecule has 1 aromatic carbocycles. The lowest BCUT2D eigenvalue weighted by Crippen LogP contribution is -2.22. The van der Waals surface area contributed by atoms with Gasteiger partial charge in [0.25, 0.3) is 0 Å². The van der Waals surface area contributed by atoms with Gasteiger partial charge >= 0.3 is 0 Å². The van der Waals surface area contributed by atoms with E-state index in [2.05, 4.69) is 36.2 Å². The molecule has 0 spiro atoms. The number of amides is 1. The highest BCUT2D eigenvalue weighted by Crippen LogP contribution is 2.11. The molecular formula is C13H20N2O. The molecule has 1 aromatic rings. The Morgan fingerprint density at radius 3 is 2.19 bits per heavy atom. The normalized spacial score (nSPS) is 10.5. The van der Waals surface area contributed by atoms with Crippen molar-refractivity contribution in [3.8, 4) is 0 Å². The van der Waals surface area contributed by atoms with Gasteiger partial charge in [0.05, 0.1) is 0 Å². The van der Waals surface area contributed by atoms with Gasteiger partial charge in [-0.15, -0.1) is 0 Å². The van der Waals surface area contributed by atoms with Crippen LogP contribution in [0.25, 0.3) is 0 Å². The van der Waals surface area contributed by atoms with Crippen LogP contribution in [0.1, 0.15) is 26.3 Å². The van der Waals surface area contributed by atoms with Crippen molar-refractivity contribution in [3.05, 3.63) is 29.8 Å². The Hall–Kier alpha value is -1.35. The molecule has 3 nitrogen and oxygen atoms in total. The van der Waals surface area contributed by atoms with Crippen LogP contribution in [-0.2, 0) is 11.3 Å². The first-order valence-corrected chi connectivity index (χ1v) is 5.74. The Labute approximate surface area is 97.5 Å². The zero-order chi connectivity index (χ0) is 12.0. The third kappa shape index (κ3) is 4.03. The molecule has 0 aliphatic carbocycles. The van der Waals surface area contributed by atoms with E-state index in [1.807, 2.05) is 12.1 Å². The first-order valence-electron chi connectivity index (χ1n) is 5.74. The van der Waals surface area contributed by atoms with Crippen LogP contribution < -0.4 is 5.32 Å². The Bertz CT molecular complexity index is 328. The quantitative estimate of drug-likeness (QED) is 0.826. The van der Waals surface area contributed by atoms with Gasteiger partial charge < -0.3 is 5.32 Å². The summed E-state index contributed by atoms with van der Waals surface area (Å²) >= 11 is 0. The summed E-state index contributed by atoms with van der Waals surface area (Å²) in [6.45, 7) is 8.93. The van der Waals surface area contributed by atoms with Gasteiger partial charge in [-0.3, -0.25) is 9.69 Å². The first kappa shape index (κ1) is 12.7. The lowest BCUT2D eigenvalue weighted by atomic mass is 10.2. The molecule has 0 bridgehead atoms. The number of rotatable bonds is 5. The smallest absolute Gasteiger partial charge is 0.221 e. The molecule has 0 heterocycles. The van der Waals surface area contributed by atoms with Crippen LogP contribution in [0.3, 0.4) is 0 Å². The average molecular weight is 220 g/mol. The van der Waals surface area contributed by atoms with E-state index in [0.29, 0.717) is 0 Å². The van der Waals surface area contributed by atoms with Crippen molar-refractivity contribution in [2.45, 2.75) is 27.3 Å². The number of nitrogens with one attached hydrogen (secondary N) is 1. The number of hydrogen-bond acceptors (Lipinski definition) is 2. The molecular weight excluding hydrogens is 200 g/mol. The van der Waals surface area contributed by atoms with Gasteiger partial charge in [-0.05, 0) is 30.8 Å². The SMILES string of the molecule is CCN(CC)Cc1ccc(NC(C)=O)cc1. The van der Waals surface area contributed by atoms with Gasteiger partial charge in [0.15, 0.2) is 0 Å². The van der Waals surface area contributed by atoms with Crippen LogP contribution in [-0.4, -0.2) is 23.9 Å². The standard InChI is InChI=1S/C13H20N2O/c1-4-15(5-2)10-12-6-8-13(9-7-12)14-11(3)16/h6-9H,4-5,10H2,1-3H3,(H,14,16). The highest BCUT2D eigenvalue weighted by molar-refractivity contribution is 5.88. The summed E-state index contributed by atoms with van der Waals surface area (Å²) in [5, 5.41) is 2.76. The fourth-order valence-electron chi connectivity index (χ4n) is 1.60. The second-order valence-electron chi connectivity index (χ2n) is 3.84. The molecule has 0 unspecified atom stereocenters. The molecule has 1 rings (SSSR count). The van der Waals surface area contributed by atoms with Gasteiger partial charge in [0.2, 0.25) is 5.91 Å². The predicted molar refractivity (Wildman–Crippen MR) is 67.4 cm³/mol. The third-order valence-corrected chi connectivity index (χ3v) is 2.57. The third-order valence-electron chi connectivity index (χ3n) is 2.57. The molecule has 1 N–H and O–H groups in total. The summed E-state index contributed by atoms with van der Waals surface area (Å²) in [5.41, 5.74) is 2.13. The maximum absolute atomic E-state index is 10.8. The summed E-state index contributed by atoms with van der Waals surface area (Å²) in [4.78, 5) is 13.2. The van der Waals surface area contributed by atoms with Gasteiger partial charge in [0, 0.05) is 19.2 Å². The molecule has 0 atom stereocenters. The molecule has 0 saturated heterocycles. The van der Waals surface area contributed by atoms with E-state index < -0.39 is 0 Å². The van der Waals surface area contributed by atoms with Crippen molar-refractivity contribution >= 4 is 11.6 Å². The lowest BCUT2D eigenvalue weighted by molar-refractivity contribution is -0.114. The van der Waals surface area contributed by atoms with Crippen LogP contribution in [0.2, 0.25) is 0 Å². The first-order chi connectivity index (χ1) is 7.65. The van der Waals surface area contributed by atoms with Crippen molar-refractivity contribution in [1.29, 1.82) is 0 Å². The van der Waals surface area contributed by atoms with Gasteiger partial charge in [-0.25, -0.2) is 0 Å². The van der Waals surface area contributed by atoms with Crippen LogP contribution in [0, 0.1) is 0 Å². The van der Waals surface area contributed by atoms with Crippen LogP contribution in [0.15, 0.2) is 24.3 Å². The molecule has 0 aromatic heterocycles. The minimum absolute atomic E-state index is 0.0310. The molecule has 1 amide bonds. The maximum atomic E-state index is 10.8. The van der Waals surface area contributed by atoms with Crippen molar-refractivity contribution in [3.63, 3.8) is 0 Å². The molecule has 3 heteroatoms. The number of anilines is 1. The van der Waals surface area contributed by atoms with E-state index in [-0.39, 0.29) is 5.91 Å². The Morgan fingerprint density at radius 2 is 1.75 bits per heavy atom. The number of carbonyl (C=O) groups is 1. The highest BCUT2D eigenvalue weighted by Gasteiger charge is 2.01. The Morgan fingerprint density at radius 1 is 1.19 bits per heavy atom. The largest absolute Gasteiger partial charge is 0.326 e. The number of benzene rings is 1. The number of hydrogen-bond donors (Lipinski definition) is 1. The van der Waals surface area contributed by atoms with E-state index in [0.717, 1.165) is 25.3 Å². The summed E-state index contributed by atoms with van der Waals surface area (Å²) in [5.74, 6) is -0.0310. The maximum Gasteiger partial charge on any atom is 0.221 e. The molecule has 0 radical (unpaired) electrons. The molecule has 0 aliphatic heterocycles. The van der Waals surface area contributed by atoms with Crippen molar-refractivity contribution in [1.82, 2.24) is 4.90 Å². The highest BCUT2D eigenvalue weighted by atomic mass is 16.1. The predicted octanol–water partition coefficient (Wildman–Crippen LogP) is 2.49.